The molecule has 1 fully saturated rings. The number of carbonyl (C=O) groups is 4. The molecule has 0 spiro atoms. The lowest BCUT2D eigenvalue weighted by atomic mass is 9.82. The largest absolute Gasteiger partial charge is 0.478 e. The molecule has 0 bridgehead atoms. The van der Waals surface area contributed by atoms with Crippen molar-refractivity contribution in [1.82, 2.24) is 0 Å². The van der Waals surface area contributed by atoms with E-state index in [2.05, 4.69) is 5.32 Å². The van der Waals surface area contributed by atoms with E-state index in [-0.39, 0.29) is 29.2 Å². The van der Waals surface area contributed by atoms with E-state index in [0.29, 0.717) is 29.8 Å². The highest BCUT2D eigenvalue weighted by atomic mass is 16.4. The molecular formula is C23H20N2O5. The number of hydrogen-bond acceptors (Lipinski definition) is 4. The van der Waals surface area contributed by atoms with Crippen LogP contribution in [0.3, 0.4) is 0 Å². The summed E-state index contributed by atoms with van der Waals surface area (Å²) in [6.07, 6.45) is 3.19. The number of nitrogens with zero attached hydrogens (tertiary/aromatic N) is 1. The summed E-state index contributed by atoms with van der Waals surface area (Å²) in [6.45, 7) is 1.97. The van der Waals surface area contributed by atoms with Crippen molar-refractivity contribution >= 4 is 35.1 Å². The molecule has 0 saturated carbocycles. The molecule has 1 saturated heterocycles. The Kier molecular flexibility index (Phi) is 4.95. The van der Waals surface area contributed by atoms with Gasteiger partial charge in [-0.15, -0.1) is 0 Å². The Morgan fingerprint density at radius 1 is 1.00 bits per heavy atom. The van der Waals surface area contributed by atoms with Crippen molar-refractivity contribution in [2.75, 3.05) is 10.2 Å². The van der Waals surface area contributed by atoms with Crippen LogP contribution in [-0.2, 0) is 9.59 Å². The zero-order chi connectivity index (χ0) is 21.4. The van der Waals surface area contributed by atoms with Crippen molar-refractivity contribution in [1.29, 1.82) is 0 Å². The number of amides is 3. The number of anilines is 2. The zero-order valence-electron chi connectivity index (χ0n) is 16.3. The van der Waals surface area contributed by atoms with E-state index in [1.165, 1.54) is 29.2 Å². The van der Waals surface area contributed by atoms with Gasteiger partial charge in [-0.1, -0.05) is 17.7 Å². The summed E-state index contributed by atoms with van der Waals surface area (Å²) >= 11 is 0. The van der Waals surface area contributed by atoms with Crippen molar-refractivity contribution < 1.29 is 24.3 Å². The summed E-state index contributed by atoms with van der Waals surface area (Å²) in [5.74, 6) is -2.52. The van der Waals surface area contributed by atoms with E-state index in [9.17, 15) is 19.2 Å². The topological polar surface area (TPSA) is 104 Å². The third-order valence-corrected chi connectivity index (χ3v) is 5.58. The highest BCUT2D eigenvalue weighted by Gasteiger charge is 2.48. The predicted octanol–water partition coefficient (Wildman–Crippen LogP) is 3.48. The minimum Gasteiger partial charge on any atom is -0.478 e. The third-order valence-electron chi connectivity index (χ3n) is 5.58. The van der Waals surface area contributed by atoms with Gasteiger partial charge in [-0.3, -0.25) is 19.3 Å². The second-order valence-electron chi connectivity index (χ2n) is 7.60. The monoisotopic (exact) mass is 404 g/mol. The van der Waals surface area contributed by atoms with E-state index in [1.54, 1.807) is 24.3 Å². The summed E-state index contributed by atoms with van der Waals surface area (Å²) in [4.78, 5) is 50.3. The maximum Gasteiger partial charge on any atom is 0.335 e. The highest BCUT2D eigenvalue weighted by Crippen LogP contribution is 2.39. The Labute approximate surface area is 173 Å². The zero-order valence-corrected chi connectivity index (χ0v) is 16.3. The molecule has 152 valence electrons. The summed E-state index contributed by atoms with van der Waals surface area (Å²) in [6, 6.07) is 12.2. The molecule has 1 aliphatic carbocycles. The SMILES string of the molecule is CC1=CC[C@@H]2C(=O)N(c3ccc(C(=O)Nc4cccc(C(=O)O)c4)cc3)C(=O)[C@@H]2C1. The van der Waals surface area contributed by atoms with Crippen LogP contribution in [0, 0.1) is 11.8 Å². The molecule has 30 heavy (non-hydrogen) atoms. The van der Waals surface area contributed by atoms with Gasteiger partial charge in [-0.05, 0) is 62.2 Å². The summed E-state index contributed by atoms with van der Waals surface area (Å²) < 4.78 is 0. The van der Waals surface area contributed by atoms with Crippen molar-refractivity contribution in [2.45, 2.75) is 19.8 Å². The average Bonchev–Trinajstić information content (AvgIpc) is 2.98. The minimum absolute atomic E-state index is 0.0698. The predicted molar refractivity (Wildman–Crippen MR) is 110 cm³/mol. The number of carbonyl (C=O) groups excluding carboxylic acids is 3. The molecular weight excluding hydrogens is 384 g/mol. The molecule has 2 N–H and O–H groups in total. The second-order valence-corrected chi connectivity index (χ2v) is 7.60. The van der Waals surface area contributed by atoms with Gasteiger partial charge in [-0.25, -0.2) is 4.79 Å². The number of hydrogen-bond donors (Lipinski definition) is 2. The van der Waals surface area contributed by atoms with Crippen LogP contribution in [0.4, 0.5) is 11.4 Å². The van der Waals surface area contributed by atoms with Crippen LogP contribution in [0.15, 0.2) is 60.2 Å². The Morgan fingerprint density at radius 3 is 2.40 bits per heavy atom. The number of carboxylic acid groups (broad SMARTS) is 1. The number of fused-ring (bicyclic) bond motifs is 1. The van der Waals surface area contributed by atoms with Gasteiger partial charge in [0.25, 0.3) is 5.91 Å². The summed E-state index contributed by atoms with van der Waals surface area (Å²) in [7, 11) is 0. The van der Waals surface area contributed by atoms with E-state index in [0.717, 1.165) is 5.57 Å². The molecule has 3 amide bonds. The molecule has 1 heterocycles. The van der Waals surface area contributed by atoms with Crippen molar-refractivity contribution in [2.24, 2.45) is 11.8 Å². The first kappa shape index (κ1) is 19.6. The summed E-state index contributed by atoms with van der Waals surface area (Å²) in [5, 5.41) is 11.7. The molecule has 2 aliphatic rings. The number of rotatable bonds is 4. The van der Waals surface area contributed by atoms with Gasteiger partial charge < -0.3 is 10.4 Å². The first-order valence-corrected chi connectivity index (χ1v) is 9.63. The molecule has 0 radical (unpaired) electrons. The minimum atomic E-state index is -1.08. The Hall–Kier alpha value is -3.74. The van der Waals surface area contributed by atoms with Gasteiger partial charge in [0.2, 0.25) is 11.8 Å². The van der Waals surface area contributed by atoms with Crippen LogP contribution < -0.4 is 10.2 Å². The normalized spacial score (nSPS) is 20.6. The number of nitrogens with one attached hydrogen (secondary N) is 1. The Morgan fingerprint density at radius 2 is 1.70 bits per heavy atom. The van der Waals surface area contributed by atoms with E-state index >= 15 is 0 Å². The number of allylic oxidation sites excluding steroid dienone is 2. The first-order valence-electron chi connectivity index (χ1n) is 9.63. The fourth-order valence-corrected chi connectivity index (χ4v) is 3.99. The fourth-order valence-electron chi connectivity index (χ4n) is 3.99. The molecule has 2 atom stereocenters. The van der Waals surface area contributed by atoms with Gasteiger partial charge in [0.15, 0.2) is 0 Å². The van der Waals surface area contributed by atoms with Gasteiger partial charge >= 0.3 is 5.97 Å². The quantitative estimate of drug-likeness (QED) is 0.600. The molecule has 2 aromatic rings. The van der Waals surface area contributed by atoms with E-state index in [1.807, 2.05) is 13.0 Å². The van der Waals surface area contributed by atoms with Gasteiger partial charge in [-0.2, -0.15) is 0 Å². The smallest absolute Gasteiger partial charge is 0.335 e. The molecule has 7 nitrogen and oxygen atoms in total. The summed E-state index contributed by atoms with van der Waals surface area (Å²) in [5.41, 5.74) is 2.33. The first-order chi connectivity index (χ1) is 14.3. The number of imide groups is 1. The van der Waals surface area contributed by atoms with Crippen molar-refractivity contribution in [3.8, 4) is 0 Å². The van der Waals surface area contributed by atoms with Crippen molar-refractivity contribution in [3.05, 3.63) is 71.3 Å². The van der Waals surface area contributed by atoms with Gasteiger partial charge in [0, 0.05) is 11.3 Å². The Bertz CT molecular complexity index is 1090. The number of benzene rings is 2. The van der Waals surface area contributed by atoms with Crippen LogP contribution >= 0.6 is 0 Å². The van der Waals surface area contributed by atoms with E-state index < -0.39 is 11.9 Å². The van der Waals surface area contributed by atoms with Crippen LogP contribution in [0.5, 0.6) is 0 Å². The van der Waals surface area contributed by atoms with E-state index in [4.69, 9.17) is 5.11 Å². The van der Waals surface area contributed by atoms with Crippen LogP contribution in [-0.4, -0.2) is 28.8 Å². The average molecular weight is 404 g/mol. The molecule has 1 aliphatic heterocycles. The molecule has 0 unspecified atom stereocenters. The fraction of sp³-hybridized carbons (Fsp3) is 0.217. The van der Waals surface area contributed by atoms with Crippen molar-refractivity contribution in [3.63, 3.8) is 0 Å². The van der Waals surface area contributed by atoms with Gasteiger partial charge in [0.05, 0.1) is 23.1 Å². The maximum atomic E-state index is 12.8. The standard InChI is InChI=1S/C23H20N2O5/c1-13-5-10-18-19(11-13)22(28)25(21(18)27)17-8-6-14(7-9-17)20(26)24-16-4-2-3-15(12-16)23(29)30/h2-9,12,18-19H,10-11H2,1H3,(H,24,26)(H,29,30)/t18-,19+/m0/s1. The molecule has 0 aromatic heterocycles. The second kappa shape index (κ2) is 7.59. The Balaban J connectivity index is 1.50. The van der Waals surface area contributed by atoms with Crippen LogP contribution in [0.25, 0.3) is 0 Å². The lowest BCUT2D eigenvalue weighted by molar-refractivity contribution is -0.122. The molecule has 4 rings (SSSR count). The number of carboxylic acids is 1. The third kappa shape index (κ3) is 3.50. The van der Waals surface area contributed by atoms with Crippen LogP contribution in [0.2, 0.25) is 0 Å². The van der Waals surface area contributed by atoms with Gasteiger partial charge in [0.1, 0.15) is 0 Å². The molecule has 7 heteroatoms. The van der Waals surface area contributed by atoms with Crippen LogP contribution in [0.1, 0.15) is 40.5 Å². The molecule has 2 aromatic carbocycles. The maximum absolute atomic E-state index is 12.8. The number of aromatic carboxylic acids is 1. The lowest BCUT2D eigenvalue weighted by Crippen LogP contribution is -2.30. The lowest BCUT2D eigenvalue weighted by Gasteiger charge is -2.18. The highest BCUT2D eigenvalue weighted by molar-refractivity contribution is 6.22.